The number of carbonyl (C=O) groups is 1. The fraction of sp³-hybridized carbons (Fsp3) is 0.797. The molecule has 1 atom stereocenters. The Kier molecular flexibility index (Phi) is 41.0. The second-order valence-electron chi connectivity index (χ2n) is 32.7. The molecule has 2 aliphatic carbocycles. The van der Waals surface area contributed by atoms with E-state index in [9.17, 15) is 42.7 Å². The number of aliphatic hydroxyl groups is 2. The van der Waals surface area contributed by atoms with Crippen LogP contribution in [0.15, 0.2) is 51.9 Å². The molecule has 13 aliphatic rings. The molecule has 29 nitrogen and oxygen atoms in total. The van der Waals surface area contributed by atoms with E-state index in [0.29, 0.717) is 124 Å². The molecule has 110 heavy (non-hydrogen) atoms. The maximum atomic E-state index is 11.4. The quantitative estimate of drug-likeness (QED) is 0.122. The lowest BCUT2D eigenvalue weighted by molar-refractivity contribution is -0.131. The first kappa shape index (κ1) is 99.6. The van der Waals surface area contributed by atoms with Crippen molar-refractivity contribution in [3.63, 3.8) is 0 Å². The molecule has 2 saturated carbocycles. The van der Waals surface area contributed by atoms with Crippen LogP contribution >= 0.6 is 11.3 Å². The molecule has 2 aromatic rings. The fourth-order valence-corrected chi connectivity index (χ4v) is 23.3. The molecule has 0 radical (unpaired) electrons. The highest BCUT2D eigenvalue weighted by atomic mass is 32.2. The van der Waals surface area contributed by atoms with Crippen molar-refractivity contribution in [2.24, 2.45) is 84.6 Å². The summed E-state index contributed by atoms with van der Waals surface area (Å²) in [5.41, 5.74) is 51.0. The highest BCUT2D eigenvalue weighted by Gasteiger charge is 2.52. The lowest BCUT2D eigenvalue weighted by Crippen LogP contribution is -2.66. The van der Waals surface area contributed by atoms with Crippen LogP contribution in [0.1, 0.15) is 135 Å². The fourth-order valence-electron chi connectivity index (χ4n) is 13.3. The Morgan fingerprint density at radius 2 is 1.05 bits per heavy atom. The summed E-state index contributed by atoms with van der Waals surface area (Å²) in [6.07, 6.45) is 16.4. The van der Waals surface area contributed by atoms with Gasteiger partial charge >= 0.3 is 0 Å². The minimum absolute atomic E-state index is 0.114. The molecule has 4 spiro atoms. The lowest BCUT2D eigenvalue weighted by atomic mass is 9.75. The topological polar surface area (TPSA) is 531 Å². The summed E-state index contributed by atoms with van der Waals surface area (Å²) in [7, 11) is -13.8. The highest BCUT2D eigenvalue weighted by molar-refractivity contribution is 8.02. The second kappa shape index (κ2) is 45.3. The number of nitrogens with zero attached hydrogens (tertiary/aromatic N) is 1. The van der Waals surface area contributed by atoms with E-state index in [4.69, 9.17) is 80.8 Å². The van der Waals surface area contributed by atoms with Gasteiger partial charge in [0.2, 0.25) is 0 Å². The summed E-state index contributed by atoms with van der Waals surface area (Å²) in [5, 5.41) is 29.4. The minimum atomic E-state index is -3.15. The number of Topliss-reactive ketones (excluding diaryl/α,β-unsaturated/α-hetero) is 1. The predicted octanol–water partition coefficient (Wildman–Crippen LogP) is 0.769. The predicted molar refractivity (Wildman–Crippen MR) is 452 cm³/mol. The van der Waals surface area contributed by atoms with E-state index in [-0.39, 0.29) is 34.1 Å². The van der Waals surface area contributed by atoms with Gasteiger partial charge in [-0.3, -0.25) is 17.4 Å². The SMILES string of the molecule is C1CC2(CCO1)CNC2.C=C(O)C1CC(N)C1.C=S1(=O)CC(N)C1.C=S1(=O)CC2(CNC2)C1.C=S1(=O)CCC(N)CC1.CC(=O)C1(CN)CCOCC1.CC(C)(O)CN.CCS(=O)(=O)c1ccc(CN)cc1.CS(=O)(=O)c1csc(CN)n1.NC1CC12CCOCC2.NC1CCOCC1.O=S1(=O)CCC2(CC1)CNC2. The maximum absolute atomic E-state index is 11.4. The number of allylic oxidation sites excluding steroid dienone is 1. The molecule has 640 valence electrons. The summed E-state index contributed by atoms with van der Waals surface area (Å²) in [5.74, 6) is 17.0. The molecular weight excluding hydrogens is 1550 g/mol. The van der Waals surface area contributed by atoms with Gasteiger partial charge in [-0.2, -0.15) is 0 Å². The van der Waals surface area contributed by atoms with Crippen LogP contribution in [0.3, 0.4) is 0 Å². The smallest absolute Gasteiger partial charge is 0.193 e. The summed E-state index contributed by atoms with van der Waals surface area (Å²) >= 11 is 1.26. The van der Waals surface area contributed by atoms with Gasteiger partial charge in [0.25, 0.3) is 0 Å². The molecule has 1 aromatic carbocycles. The van der Waals surface area contributed by atoms with E-state index >= 15 is 0 Å². The number of thiazole rings is 1. The van der Waals surface area contributed by atoms with Gasteiger partial charge in [0.05, 0.1) is 33.5 Å². The first-order valence-electron chi connectivity index (χ1n) is 38.5. The van der Waals surface area contributed by atoms with E-state index in [1.807, 2.05) is 0 Å². The van der Waals surface area contributed by atoms with Gasteiger partial charge in [0, 0.05) is 211 Å². The van der Waals surface area contributed by atoms with Crippen molar-refractivity contribution in [2.45, 2.75) is 183 Å². The van der Waals surface area contributed by atoms with Crippen molar-refractivity contribution in [1.29, 1.82) is 0 Å². The second-order valence-corrected chi connectivity index (χ2v) is 48.1. The molecule has 12 heterocycles. The third kappa shape index (κ3) is 36.0. The van der Waals surface area contributed by atoms with Gasteiger partial charge in [-0.05, 0) is 197 Å². The van der Waals surface area contributed by atoms with E-state index in [1.54, 1.807) is 52.0 Å². The zero-order valence-corrected chi connectivity index (χ0v) is 72.2. The monoisotopic (exact) mass is 1690 g/mol. The summed E-state index contributed by atoms with van der Waals surface area (Å²) in [6, 6.07) is 8.35. The van der Waals surface area contributed by atoms with Crippen LogP contribution in [0.5, 0.6) is 0 Å². The number of aromatic nitrogens is 1. The number of rotatable bonds is 9. The van der Waals surface area contributed by atoms with Crippen LogP contribution in [0, 0.1) is 33.0 Å². The van der Waals surface area contributed by atoms with Gasteiger partial charge in [0.15, 0.2) is 24.7 Å². The number of benzene rings is 1. The molecule has 1 aromatic heterocycles. The Balaban J connectivity index is 0.000000254. The molecule has 36 heteroatoms. The number of aliphatic hydroxyl groups excluding tert-OH is 1. The standard InChI is InChI=1S/C9H13NO2S.C8H15NO2.C7H13NO2S.2C7H13NO.C6H11NOS.C6H13NOS.C6H11NO.C5H8N2O2S2.C5H11NO.C4H9NOS.C4H11NO/c1-2-13(11,12)9-5-3-8(7-10)4-6-9;1-7(10)8(6-9)2-4-11-5-3-8;9-11(10)3-1-7(2-4-11)5-8-6-7;1-3-9-4-2-7(1)5-8-6-7;8-6-5-7(6)1-3-9-4-2-7;1-9(8)4-6(5-9)2-7-3-6;1-9(8)4-2-6(7)3-5-9;1-4(8)5-2-6(7)3-5;1-11(8,9)5-3-10-4(2-6)7-5;6-5-1-3-7-4-2-5;1-7(6)2-4(5)3-7;1-4(2,6)3-5/h3-6H,2,7,10H2,1H3;2-6,9H2,1H3;8H,1-6H2;8H,1-6H2;6H,1-5,8H2;7H,1-5H2;6H,1-5,7H2;5-6,8H,1-3,7H2;3H,2,6H2,1H3;5H,1-4,6H2;4H,1-3,5H2;6H,3,5H2,1-2H3. The van der Waals surface area contributed by atoms with Crippen molar-refractivity contribution in [2.75, 3.05) is 163 Å². The van der Waals surface area contributed by atoms with Gasteiger partial charge in [-0.15, -0.1) is 11.3 Å². The van der Waals surface area contributed by atoms with Crippen LogP contribution in [-0.2, 0) is 94.9 Å². The maximum Gasteiger partial charge on any atom is 0.193 e. The molecule has 23 N–H and O–H groups in total. The van der Waals surface area contributed by atoms with Crippen molar-refractivity contribution in [1.82, 2.24) is 20.9 Å². The first-order chi connectivity index (χ1) is 51.2. The molecule has 11 saturated heterocycles. The summed E-state index contributed by atoms with van der Waals surface area (Å²) < 4.78 is 120. The first-order valence-corrected chi connectivity index (χ1v) is 50.9. The van der Waals surface area contributed by atoms with Crippen LogP contribution in [0.4, 0.5) is 0 Å². The zero-order valence-electron chi connectivity index (χ0n) is 66.5. The van der Waals surface area contributed by atoms with Crippen molar-refractivity contribution in [3.05, 3.63) is 52.6 Å². The van der Waals surface area contributed by atoms with Crippen LogP contribution < -0.4 is 67.6 Å². The number of hydrogen-bond donors (Lipinski definition) is 14. The van der Waals surface area contributed by atoms with Crippen molar-refractivity contribution < 1.29 is 71.8 Å². The molecular formula is C74H141N13O16S7. The Morgan fingerprint density at radius 3 is 1.28 bits per heavy atom. The Bertz CT molecular complexity index is 3710. The average Bonchev–Trinajstić information content (AvgIpc) is 0.936. The normalized spacial score (nSPS) is 28.6. The molecule has 13 fully saturated rings. The number of nitrogens with two attached hydrogens (primary N) is 9. The van der Waals surface area contributed by atoms with Crippen LogP contribution in [0.25, 0.3) is 0 Å². The van der Waals surface area contributed by atoms with Gasteiger partial charge in [-0.25, -0.2) is 30.2 Å². The molecule has 11 aliphatic heterocycles. The van der Waals surface area contributed by atoms with Gasteiger partial charge < -0.3 is 96.7 Å². The number of ketones is 1. The van der Waals surface area contributed by atoms with Crippen LogP contribution in [0.2, 0.25) is 0 Å². The van der Waals surface area contributed by atoms with Gasteiger partial charge in [0.1, 0.15) is 20.6 Å². The number of ether oxygens (including phenoxy) is 4. The Morgan fingerprint density at radius 1 is 0.618 bits per heavy atom. The minimum Gasteiger partial charge on any atom is -0.513 e. The molecule has 0 amide bonds. The van der Waals surface area contributed by atoms with E-state index in [0.717, 1.165) is 165 Å². The van der Waals surface area contributed by atoms with E-state index in [1.165, 1.54) is 61.9 Å². The highest BCUT2D eigenvalue weighted by Crippen LogP contribution is 2.52. The molecule has 0 bridgehead atoms. The third-order valence-electron chi connectivity index (χ3n) is 22.1. The van der Waals surface area contributed by atoms with Crippen LogP contribution in [-0.4, -0.2) is 276 Å². The van der Waals surface area contributed by atoms with E-state index < -0.39 is 63.7 Å². The molecule has 1 unspecified atom stereocenters. The van der Waals surface area contributed by atoms with Crippen molar-refractivity contribution >= 4 is 92.8 Å². The summed E-state index contributed by atoms with van der Waals surface area (Å²) in [6.45, 7) is 25.1. The van der Waals surface area contributed by atoms with Gasteiger partial charge in [-0.1, -0.05) is 25.6 Å². The number of sulfone groups is 3. The number of carbonyl (C=O) groups excluding carboxylic acids is 1. The van der Waals surface area contributed by atoms with E-state index in [2.05, 4.69) is 45.1 Å². The number of nitrogens with one attached hydrogen (secondary N) is 3. The number of hydrogen-bond acceptors (Lipinski definition) is 30. The third-order valence-corrected chi connectivity index (χ3v) is 33.8. The van der Waals surface area contributed by atoms with Crippen molar-refractivity contribution in [3.8, 4) is 0 Å². The zero-order chi connectivity index (χ0) is 82.5. The lowest BCUT2D eigenvalue weighted by Gasteiger charge is -2.51. The molecule has 15 rings (SSSR count). The Labute approximate surface area is 664 Å². The Hall–Kier alpha value is -2.71. The average molecular weight is 1690 g/mol. The summed E-state index contributed by atoms with van der Waals surface area (Å²) in [4.78, 5) is 15.4. The largest absolute Gasteiger partial charge is 0.513 e.